The SMILES string of the molecule is Cc1ccc(OCc2ccc(C(=O)N3CCOC(CC(=O)O)C3)o2)c(C)c1. The molecule has 1 N–H and O–H groups in total. The fraction of sp³-hybridized carbons (Fsp3) is 0.400. The highest BCUT2D eigenvalue weighted by molar-refractivity contribution is 5.91. The molecule has 0 spiro atoms. The Morgan fingerprint density at radius 2 is 2.07 bits per heavy atom. The van der Waals surface area contributed by atoms with Crippen molar-refractivity contribution in [3.05, 3.63) is 53.0 Å². The lowest BCUT2D eigenvalue weighted by Gasteiger charge is -2.31. The largest absolute Gasteiger partial charge is 0.485 e. The number of nitrogens with zero attached hydrogens (tertiary/aromatic N) is 1. The Kier molecular flexibility index (Phi) is 5.81. The Bertz CT molecular complexity index is 828. The molecule has 1 unspecified atom stereocenters. The zero-order chi connectivity index (χ0) is 19.4. The van der Waals surface area contributed by atoms with Crippen molar-refractivity contribution >= 4 is 11.9 Å². The smallest absolute Gasteiger partial charge is 0.306 e. The lowest BCUT2D eigenvalue weighted by molar-refractivity contribution is -0.141. The summed E-state index contributed by atoms with van der Waals surface area (Å²) in [5, 5.41) is 8.88. The molecule has 1 aromatic heterocycles. The van der Waals surface area contributed by atoms with E-state index in [1.807, 2.05) is 32.0 Å². The van der Waals surface area contributed by atoms with E-state index in [-0.39, 0.29) is 31.2 Å². The van der Waals surface area contributed by atoms with Gasteiger partial charge >= 0.3 is 5.97 Å². The Labute approximate surface area is 157 Å². The van der Waals surface area contributed by atoms with E-state index >= 15 is 0 Å². The van der Waals surface area contributed by atoms with Crippen molar-refractivity contribution in [1.82, 2.24) is 4.90 Å². The highest BCUT2D eigenvalue weighted by Crippen LogP contribution is 2.21. The van der Waals surface area contributed by atoms with Gasteiger partial charge in [0, 0.05) is 13.1 Å². The molecule has 1 atom stereocenters. The van der Waals surface area contributed by atoms with Gasteiger partial charge in [0.15, 0.2) is 5.76 Å². The van der Waals surface area contributed by atoms with Crippen LogP contribution < -0.4 is 4.74 Å². The lowest BCUT2D eigenvalue weighted by Crippen LogP contribution is -2.46. The molecule has 1 saturated heterocycles. The highest BCUT2D eigenvalue weighted by Gasteiger charge is 2.28. The predicted octanol–water partition coefficient (Wildman–Crippen LogP) is 2.79. The first-order valence-corrected chi connectivity index (χ1v) is 8.84. The number of aliphatic carboxylic acids is 1. The number of morpholine rings is 1. The van der Waals surface area contributed by atoms with Gasteiger partial charge in [0.2, 0.25) is 0 Å². The number of carbonyl (C=O) groups is 2. The molecular weight excluding hydrogens is 350 g/mol. The summed E-state index contributed by atoms with van der Waals surface area (Å²) in [6.07, 6.45) is -0.626. The molecule has 0 aliphatic carbocycles. The number of hydrogen-bond acceptors (Lipinski definition) is 5. The van der Waals surface area contributed by atoms with Gasteiger partial charge in [0.05, 0.1) is 19.1 Å². The molecule has 1 aromatic carbocycles. The summed E-state index contributed by atoms with van der Waals surface area (Å²) >= 11 is 0. The standard InChI is InChI=1S/C20H23NO6/c1-13-3-5-17(14(2)9-13)26-12-15-4-6-18(27-15)20(24)21-7-8-25-16(11-21)10-19(22)23/h3-6,9,16H,7-8,10-12H2,1-2H3,(H,22,23). The molecule has 1 aliphatic heterocycles. The molecule has 0 bridgehead atoms. The molecule has 2 heterocycles. The van der Waals surface area contributed by atoms with Crippen molar-refractivity contribution in [1.29, 1.82) is 0 Å². The molecule has 1 amide bonds. The molecule has 1 aliphatic rings. The predicted molar refractivity (Wildman–Crippen MR) is 96.9 cm³/mol. The molecule has 27 heavy (non-hydrogen) atoms. The van der Waals surface area contributed by atoms with Crippen LogP contribution in [0.25, 0.3) is 0 Å². The molecule has 0 saturated carbocycles. The van der Waals surface area contributed by atoms with Crippen molar-refractivity contribution < 1.29 is 28.6 Å². The van der Waals surface area contributed by atoms with Crippen LogP contribution in [-0.4, -0.2) is 47.7 Å². The van der Waals surface area contributed by atoms with Gasteiger partial charge in [0.1, 0.15) is 18.1 Å². The third-order valence-corrected chi connectivity index (χ3v) is 4.40. The first-order chi connectivity index (χ1) is 12.9. The summed E-state index contributed by atoms with van der Waals surface area (Å²) in [5.41, 5.74) is 2.20. The fourth-order valence-corrected chi connectivity index (χ4v) is 3.06. The Hall–Kier alpha value is -2.80. The molecule has 0 radical (unpaired) electrons. The van der Waals surface area contributed by atoms with Crippen molar-refractivity contribution in [3.63, 3.8) is 0 Å². The Morgan fingerprint density at radius 3 is 2.81 bits per heavy atom. The van der Waals surface area contributed by atoms with Gasteiger partial charge in [-0.1, -0.05) is 17.7 Å². The van der Waals surface area contributed by atoms with E-state index in [0.29, 0.717) is 18.9 Å². The number of benzene rings is 1. The van der Waals surface area contributed by atoms with Crippen LogP contribution >= 0.6 is 0 Å². The molecular formula is C20H23NO6. The number of rotatable bonds is 6. The zero-order valence-electron chi connectivity index (χ0n) is 15.4. The van der Waals surface area contributed by atoms with E-state index in [1.165, 1.54) is 0 Å². The summed E-state index contributed by atoms with van der Waals surface area (Å²) in [6, 6.07) is 9.26. The monoisotopic (exact) mass is 373 g/mol. The minimum Gasteiger partial charge on any atom is -0.485 e. The number of aryl methyl sites for hydroxylation is 2. The van der Waals surface area contributed by atoms with Crippen LogP contribution in [-0.2, 0) is 16.1 Å². The number of carboxylic acids is 1. The molecule has 3 rings (SSSR count). The van der Waals surface area contributed by atoms with Crippen LogP contribution in [0.2, 0.25) is 0 Å². The van der Waals surface area contributed by atoms with Gasteiger partial charge in [-0.15, -0.1) is 0 Å². The van der Waals surface area contributed by atoms with E-state index in [0.717, 1.165) is 16.9 Å². The maximum Gasteiger partial charge on any atom is 0.306 e. The number of hydrogen-bond donors (Lipinski definition) is 1. The molecule has 144 valence electrons. The van der Waals surface area contributed by atoms with Crippen LogP contribution in [0.5, 0.6) is 5.75 Å². The molecule has 1 fully saturated rings. The molecule has 7 heteroatoms. The zero-order valence-corrected chi connectivity index (χ0v) is 15.4. The van der Waals surface area contributed by atoms with Crippen molar-refractivity contribution in [2.45, 2.75) is 33.0 Å². The summed E-state index contributed by atoms with van der Waals surface area (Å²) < 4.78 is 16.8. The minimum absolute atomic E-state index is 0.128. The van der Waals surface area contributed by atoms with Crippen LogP contribution in [0.3, 0.4) is 0 Å². The van der Waals surface area contributed by atoms with Crippen molar-refractivity contribution in [2.75, 3.05) is 19.7 Å². The number of amides is 1. The topological polar surface area (TPSA) is 89.2 Å². The van der Waals surface area contributed by atoms with Crippen molar-refractivity contribution in [3.8, 4) is 5.75 Å². The average molecular weight is 373 g/mol. The summed E-state index contributed by atoms with van der Waals surface area (Å²) in [4.78, 5) is 25.0. The van der Waals surface area contributed by atoms with Gasteiger partial charge in [-0.05, 0) is 37.6 Å². The maximum absolute atomic E-state index is 12.6. The van der Waals surface area contributed by atoms with Gasteiger partial charge in [-0.3, -0.25) is 9.59 Å². The second-order valence-corrected chi connectivity index (χ2v) is 6.67. The normalized spacial score (nSPS) is 17.0. The van der Waals surface area contributed by atoms with Crippen molar-refractivity contribution in [2.24, 2.45) is 0 Å². The number of carboxylic acid groups (broad SMARTS) is 1. The van der Waals surface area contributed by atoms with Crippen LogP contribution in [0.1, 0.15) is 33.9 Å². The number of carbonyl (C=O) groups excluding carboxylic acids is 1. The Morgan fingerprint density at radius 1 is 1.26 bits per heavy atom. The number of ether oxygens (including phenoxy) is 2. The fourth-order valence-electron chi connectivity index (χ4n) is 3.06. The second kappa shape index (κ2) is 8.26. The third kappa shape index (κ3) is 4.89. The minimum atomic E-state index is -0.946. The Balaban J connectivity index is 1.59. The molecule has 7 nitrogen and oxygen atoms in total. The van der Waals surface area contributed by atoms with E-state index in [1.54, 1.807) is 17.0 Å². The molecule has 2 aromatic rings. The maximum atomic E-state index is 12.6. The summed E-state index contributed by atoms with van der Waals surface area (Å²) in [7, 11) is 0. The quantitative estimate of drug-likeness (QED) is 0.838. The van der Waals surface area contributed by atoms with Gasteiger partial charge < -0.3 is 23.9 Å². The van der Waals surface area contributed by atoms with Crippen LogP contribution in [0, 0.1) is 13.8 Å². The van der Waals surface area contributed by atoms with E-state index in [9.17, 15) is 9.59 Å². The summed E-state index contributed by atoms with van der Waals surface area (Å²) in [5.74, 6) is 0.318. The van der Waals surface area contributed by atoms with Crippen LogP contribution in [0.4, 0.5) is 0 Å². The average Bonchev–Trinajstić information content (AvgIpc) is 3.09. The first kappa shape index (κ1) is 19.0. The highest BCUT2D eigenvalue weighted by atomic mass is 16.5. The lowest BCUT2D eigenvalue weighted by atomic mass is 10.1. The van der Waals surface area contributed by atoms with Gasteiger partial charge in [-0.25, -0.2) is 0 Å². The number of furan rings is 1. The van der Waals surface area contributed by atoms with Gasteiger partial charge in [-0.2, -0.15) is 0 Å². The van der Waals surface area contributed by atoms with E-state index < -0.39 is 12.1 Å². The first-order valence-electron chi connectivity index (χ1n) is 8.84. The second-order valence-electron chi connectivity index (χ2n) is 6.67. The van der Waals surface area contributed by atoms with Gasteiger partial charge in [0.25, 0.3) is 5.91 Å². The van der Waals surface area contributed by atoms with E-state index in [2.05, 4.69) is 0 Å². The third-order valence-electron chi connectivity index (χ3n) is 4.40. The van der Waals surface area contributed by atoms with E-state index in [4.69, 9.17) is 19.0 Å². The summed E-state index contributed by atoms with van der Waals surface area (Å²) in [6.45, 7) is 5.18. The van der Waals surface area contributed by atoms with Crippen LogP contribution in [0.15, 0.2) is 34.7 Å².